The molecular formula is C23H21BrN2O5S. The zero-order chi connectivity index (χ0) is 23.3. The highest BCUT2D eigenvalue weighted by Gasteiger charge is 2.28. The Balaban J connectivity index is 1.85. The highest BCUT2D eigenvalue weighted by atomic mass is 79.9. The largest absolute Gasteiger partial charge is 0.478 e. The summed E-state index contributed by atoms with van der Waals surface area (Å²) in [6.07, 6.45) is 0. The lowest BCUT2D eigenvalue weighted by atomic mass is 10.1. The summed E-state index contributed by atoms with van der Waals surface area (Å²) < 4.78 is 28.3. The molecule has 0 heterocycles. The van der Waals surface area contributed by atoms with E-state index in [0.717, 1.165) is 9.87 Å². The van der Waals surface area contributed by atoms with E-state index in [0.29, 0.717) is 15.7 Å². The second kappa shape index (κ2) is 9.97. The molecule has 0 aliphatic carbocycles. The summed E-state index contributed by atoms with van der Waals surface area (Å²) in [5.74, 6) is -1.60. The van der Waals surface area contributed by atoms with Crippen LogP contribution in [-0.2, 0) is 21.4 Å². The molecule has 0 saturated carbocycles. The quantitative estimate of drug-likeness (QED) is 0.471. The number of aryl methyl sites for hydroxylation is 1. The average molecular weight is 517 g/mol. The van der Waals surface area contributed by atoms with Crippen LogP contribution in [0, 0.1) is 6.92 Å². The Morgan fingerprint density at radius 2 is 1.69 bits per heavy atom. The fourth-order valence-corrected chi connectivity index (χ4v) is 5.05. The number of halogens is 1. The van der Waals surface area contributed by atoms with E-state index in [1.54, 1.807) is 48.5 Å². The third-order valence-corrected chi connectivity index (χ3v) is 7.13. The van der Waals surface area contributed by atoms with E-state index in [2.05, 4.69) is 21.2 Å². The maximum absolute atomic E-state index is 13.4. The van der Waals surface area contributed by atoms with Crippen molar-refractivity contribution in [3.8, 4) is 0 Å². The number of anilines is 1. The van der Waals surface area contributed by atoms with Gasteiger partial charge in [0.1, 0.15) is 6.54 Å². The van der Waals surface area contributed by atoms with E-state index in [-0.39, 0.29) is 17.0 Å². The van der Waals surface area contributed by atoms with Gasteiger partial charge in [-0.15, -0.1) is 0 Å². The Morgan fingerprint density at radius 3 is 2.34 bits per heavy atom. The van der Waals surface area contributed by atoms with Crippen LogP contribution in [0.3, 0.4) is 0 Å². The normalized spacial score (nSPS) is 11.1. The van der Waals surface area contributed by atoms with Crippen LogP contribution in [0.4, 0.5) is 5.69 Å². The van der Waals surface area contributed by atoms with Gasteiger partial charge in [0.15, 0.2) is 0 Å². The fourth-order valence-electron chi connectivity index (χ4n) is 2.99. The lowest BCUT2D eigenvalue weighted by molar-refractivity contribution is -0.119. The van der Waals surface area contributed by atoms with Crippen LogP contribution in [0.1, 0.15) is 21.5 Å². The van der Waals surface area contributed by atoms with E-state index >= 15 is 0 Å². The second-order valence-corrected chi connectivity index (χ2v) is 9.78. The molecule has 0 aliphatic heterocycles. The number of carboxylic acids is 1. The molecule has 0 radical (unpaired) electrons. The van der Waals surface area contributed by atoms with Gasteiger partial charge in [-0.05, 0) is 64.8 Å². The average Bonchev–Trinajstić information content (AvgIpc) is 2.77. The van der Waals surface area contributed by atoms with E-state index in [4.69, 9.17) is 5.11 Å². The molecule has 32 heavy (non-hydrogen) atoms. The van der Waals surface area contributed by atoms with Gasteiger partial charge in [0.2, 0.25) is 5.91 Å². The van der Waals surface area contributed by atoms with Gasteiger partial charge < -0.3 is 10.4 Å². The standard InChI is InChI=1S/C23H21BrN2O5S/c1-16-9-11-19(12-10-16)32(30,31)26(21-8-3-2-7-20(21)24)15-22(27)25-14-17-5-4-6-18(13-17)23(28)29/h2-13H,14-15H2,1H3,(H,25,27)(H,28,29). The molecule has 0 atom stereocenters. The van der Waals surface area contributed by atoms with Crippen molar-refractivity contribution in [2.24, 2.45) is 0 Å². The molecule has 3 rings (SSSR count). The third kappa shape index (κ3) is 5.54. The number of nitrogens with one attached hydrogen (secondary N) is 1. The number of amides is 1. The van der Waals surface area contributed by atoms with Gasteiger partial charge in [-0.25, -0.2) is 13.2 Å². The van der Waals surface area contributed by atoms with Crippen LogP contribution >= 0.6 is 15.9 Å². The van der Waals surface area contributed by atoms with Crippen molar-refractivity contribution >= 4 is 43.5 Å². The van der Waals surface area contributed by atoms with Crippen molar-refractivity contribution in [1.82, 2.24) is 5.32 Å². The van der Waals surface area contributed by atoms with Crippen molar-refractivity contribution in [2.75, 3.05) is 10.8 Å². The number of carboxylic acid groups (broad SMARTS) is 1. The fraction of sp³-hybridized carbons (Fsp3) is 0.130. The summed E-state index contributed by atoms with van der Waals surface area (Å²) in [6.45, 7) is 1.47. The van der Waals surface area contributed by atoms with Gasteiger partial charge in [0, 0.05) is 11.0 Å². The minimum absolute atomic E-state index is 0.0638. The summed E-state index contributed by atoms with van der Waals surface area (Å²) in [7, 11) is -4.02. The molecule has 9 heteroatoms. The number of aromatic carboxylic acids is 1. The monoisotopic (exact) mass is 516 g/mol. The topological polar surface area (TPSA) is 104 Å². The first-order chi connectivity index (χ1) is 15.2. The molecule has 3 aromatic rings. The number of carbonyl (C=O) groups excluding carboxylic acids is 1. The maximum atomic E-state index is 13.4. The zero-order valence-electron chi connectivity index (χ0n) is 17.2. The molecule has 0 spiro atoms. The summed E-state index contributed by atoms with van der Waals surface area (Å²) in [4.78, 5) is 23.9. The first-order valence-corrected chi connectivity index (χ1v) is 11.8. The first-order valence-electron chi connectivity index (χ1n) is 9.61. The van der Waals surface area contributed by atoms with Crippen LogP contribution in [0.2, 0.25) is 0 Å². The van der Waals surface area contributed by atoms with Crippen molar-refractivity contribution < 1.29 is 23.1 Å². The Kier molecular flexibility index (Phi) is 7.32. The van der Waals surface area contributed by atoms with Crippen LogP contribution < -0.4 is 9.62 Å². The summed E-state index contributed by atoms with van der Waals surface area (Å²) in [5.41, 5.74) is 1.94. The molecule has 0 unspecified atom stereocenters. The van der Waals surface area contributed by atoms with E-state index < -0.39 is 28.4 Å². The molecule has 7 nitrogen and oxygen atoms in total. The molecule has 0 bridgehead atoms. The van der Waals surface area contributed by atoms with E-state index in [9.17, 15) is 18.0 Å². The van der Waals surface area contributed by atoms with Gasteiger partial charge in [-0.3, -0.25) is 9.10 Å². The zero-order valence-corrected chi connectivity index (χ0v) is 19.6. The Bertz CT molecular complexity index is 1240. The SMILES string of the molecule is Cc1ccc(S(=O)(=O)N(CC(=O)NCc2cccc(C(=O)O)c2)c2ccccc2Br)cc1. The summed E-state index contributed by atoms with van der Waals surface area (Å²) >= 11 is 3.37. The van der Waals surface area contributed by atoms with Crippen LogP contribution in [0.15, 0.2) is 82.2 Å². The summed E-state index contributed by atoms with van der Waals surface area (Å²) in [6, 6.07) is 19.3. The Hall–Kier alpha value is -3.17. The van der Waals surface area contributed by atoms with Crippen molar-refractivity contribution in [2.45, 2.75) is 18.4 Å². The number of hydrogen-bond acceptors (Lipinski definition) is 4. The number of carbonyl (C=O) groups is 2. The van der Waals surface area contributed by atoms with Crippen molar-refractivity contribution in [3.63, 3.8) is 0 Å². The highest BCUT2D eigenvalue weighted by molar-refractivity contribution is 9.10. The lowest BCUT2D eigenvalue weighted by Gasteiger charge is -2.25. The Morgan fingerprint density at radius 1 is 1.00 bits per heavy atom. The van der Waals surface area contributed by atoms with Crippen LogP contribution in [0.25, 0.3) is 0 Å². The molecule has 0 fully saturated rings. The molecular weight excluding hydrogens is 496 g/mol. The number of sulfonamides is 1. The number of rotatable bonds is 8. The molecule has 0 aromatic heterocycles. The molecule has 0 aliphatic rings. The van der Waals surface area contributed by atoms with E-state index in [1.165, 1.54) is 24.3 Å². The first kappa shape index (κ1) is 23.5. The van der Waals surface area contributed by atoms with Crippen LogP contribution in [-0.4, -0.2) is 31.9 Å². The Labute approximate surface area is 194 Å². The predicted octanol–water partition coefficient (Wildman–Crippen LogP) is 3.97. The lowest BCUT2D eigenvalue weighted by Crippen LogP contribution is -2.40. The highest BCUT2D eigenvalue weighted by Crippen LogP contribution is 2.30. The number of para-hydroxylation sites is 1. The van der Waals surface area contributed by atoms with Gasteiger partial charge in [-0.1, -0.05) is 42.0 Å². The maximum Gasteiger partial charge on any atom is 0.335 e. The van der Waals surface area contributed by atoms with Crippen molar-refractivity contribution in [1.29, 1.82) is 0 Å². The molecule has 0 saturated heterocycles. The van der Waals surface area contributed by atoms with Crippen LogP contribution in [0.5, 0.6) is 0 Å². The molecule has 1 amide bonds. The number of benzene rings is 3. The van der Waals surface area contributed by atoms with Gasteiger partial charge in [0.25, 0.3) is 10.0 Å². The van der Waals surface area contributed by atoms with Gasteiger partial charge in [-0.2, -0.15) is 0 Å². The predicted molar refractivity (Wildman–Crippen MR) is 125 cm³/mol. The minimum Gasteiger partial charge on any atom is -0.478 e. The number of nitrogens with zero attached hydrogens (tertiary/aromatic N) is 1. The number of hydrogen-bond donors (Lipinski definition) is 2. The summed E-state index contributed by atoms with van der Waals surface area (Å²) in [5, 5.41) is 11.8. The smallest absolute Gasteiger partial charge is 0.335 e. The molecule has 166 valence electrons. The minimum atomic E-state index is -4.02. The molecule has 2 N–H and O–H groups in total. The van der Waals surface area contributed by atoms with Gasteiger partial charge >= 0.3 is 5.97 Å². The second-order valence-electron chi connectivity index (χ2n) is 7.06. The molecule has 3 aromatic carbocycles. The van der Waals surface area contributed by atoms with Crippen molar-refractivity contribution in [3.05, 3.63) is 94.0 Å². The van der Waals surface area contributed by atoms with Gasteiger partial charge in [0.05, 0.1) is 16.1 Å². The third-order valence-electron chi connectivity index (χ3n) is 4.68. The van der Waals surface area contributed by atoms with E-state index in [1.807, 2.05) is 6.92 Å².